The van der Waals surface area contributed by atoms with Gasteiger partial charge in [-0.25, -0.2) is 0 Å². The summed E-state index contributed by atoms with van der Waals surface area (Å²) in [5, 5.41) is 4.11. The van der Waals surface area contributed by atoms with Crippen molar-refractivity contribution in [2.24, 2.45) is 0 Å². The Morgan fingerprint density at radius 3 is 2.50 bits per heavy atom. The number of amides is 1. The summed E-state index contributed by atoms with van der Waals surface area (Å²) >= 11 is 0. The predicted octanol–water partition coefficient (Wildman–Crippen LogP) is 1.75. The van der Waals surface area contributed by atoms with Crippen molar-refractivity contribution in [3.8, 4) is 0 Å². The lowest BCUT2D eigenvalue weighted by Gasteiger charge is -2.37. The molecule has 2 saturated heterocycles. The molecule has 2 unspecified atom stereocenters. The van der Waals surface area contributed by atoms with Gasteiger partial charge in [0.15, 0.2) is 5.82 Å². The van der Waals surface area contributed by atoms with Gasteiger partial charge in [-0.2, -0.15) is 4.98 Å². The van der Waals surface area contributed by atoms with E-state index in [2.05, 4.69) is 42.7 Å². The molecule has 3 rings (SSSR count). The van der Waals surface area contributed by atoms with Crippen LogP contribution in [0.5, 0.6) is 0 Å². The van der Waals surface area contributed by atoms with Gasteiger partial charge in [-0.1, -0.05) is 25.9 Å². The lowest BCUT2D eigenvalue weighted by Crippen LogP contribution is -2.51. The van der Waals surface area contributed by atoms with Gasteiger partial charge < -0.3 is 14.2 Å². The van der Waals surface area contributed by atoms with Crippen molar-refractivity contribution in [3.63, 3.8) is 0 Å². The van der Waals surface area contributed by atoms with Gasteiger partial charge >= 0.3 is 0 Å². The molecule has 0 radical (unpaired) electrons. The summed E-state index contributed by atoms with van der Waals surface area (Å²) < 4.78 is 11.0. The summed E-state index contributed by atoms with van der Waals surface area (Å²) in [4.78, 5) is 21.2. The number of nitrogens with zero attached hydrogens (tertiary/aromatic N) is 4. The van der Waals surface area contributed by atoms with E-state index in [1.807, 2.05) is 4.90 Å². The maximum absolute atomic E-state index is 12.4. The van der Waals surface area contributed by atoms with Gasteiger partial charge in [0.1, 0.15) is 6.10 Å². The van der Waals surface area contributed by atoms with Gasteiger partial charge in [0.25, 0.3) is 5.91 Å². The number of carbonyl (C=O) groups is 1. The standard InChI is InChI=1S/C17H28N4O3/c1-12(14-18-16(19-24-14)17(2,3)4)20-7-9-21(10-8-20)15(22)13-6-5-11-23-13/h12-13H,5-11H2,1-4H3. The van der Waals surface area contributed by atoms with E-state index in [1.54, 1.807) is 0 Å². The van der Waals surface area contributed by atoms with Crippen molar-refractivity contribution in [2.45, 2.75) is 58.1 Å². The zero-order valence-electron chi connectivity index (χ0n) is 15.1. The number of aromatic nitrogens is 2. The second kappa shape index (κ2) is 6.80. The first kappa shape index (κ1) is 17.4. The van der Waals surface area contributed by atoms with E-state index in [-0.39, 0.29) is 23.5 Å². The van der Waals surface area contributed by atoms with Crippen LogP contribution >= 0.6 is 0 Å². The van der Waals surface area contributed by atoms with Gasteiger partial charge in [-0.05, 0) is 19.8 Å². The third-order valence-electron chi connectivity index (χ3n) is 4.85. The molecule has 2 fully saturated rings. The van der Waals surface area contributed by atoms with E-state index in [0.29, 0.717) is 12.5 Å². The molecule has 0 spiro atoms. The maximum Gasteiger partial charge on any atom is 0.251 e. The fourth-order valence-corrected chi connectivity index (χ4v) is 3.17. The molecule has 7 nitrogen and oxygen atoms in total. The fourth-order valence-electron chi connectivity index (χ4n) is 3.17. The Morgan fingerprint density at radius 1 is 1.25 bits per heavy atom. The van der Waals surface area contributed by atoms with Gasteiger partial charge in [-0.15, -0.1) is 0 Å². The maximum atomic E-state index is 12.4. The Hall–Kier alpha value is -1.47. The van der Waals surface area contributed by atoms with Crippen LogP contribution in [0.3, 0.4) is 0 Å². The van der Waals surface area contributed by atoms with Crippen LogP contribution in [0, 0.1) is 0 Å². The first-order valence-electron chi connectivity index (χ1n) is 8.85. The molecular weight excluding hydrogens is 308 g/mol. The van der Waals surface area contributed by atoms with E-state index in [0.717, 1.165) is 44.8 Å². The normalized spacial score (nSPS) is 24.3. The van der Waals surface area contributed by atoms with Crippen LogP contribution in [0.4, 0.5) is 0 Å². The van der Waals surface area contributed by atoms with Crippen molar-refractivity contribution < 1.29 is 14.1 Å². The summed E-state index contributed by atoms with van der Waals surface area (Å²) in [5.74, 6) is 1.53. The molecule has 1 aromatic rings. The Kier molecular flexibility index (Phi) is 4.92. The van der Waals surface area contributed by atoms with Crippen LogP contribution in [0.1, 0.15) is 58.3 Å². The average Bonchev–Trinajstić information content (AvgIpc) is 3.24. The zero-order valence-corrected chi connectivity index (χ0v) is 15.1. The van der Waals surface area contributed by atoms with Crippen LogP contribution in [-0.4, -0.2) is 64.7 Å². The average molecular weight is 336 g/mol. The molecule has 2 atom stereocenters. The number of rotatable bonds is 3. The summed E-state index contributed by atoms with van der Waals surface area (Å²) in [6.45, 7) is 12.1. The number of carbonyl (C=O) groups excluding carboxylic acids is 1. The minimum atomic E-state index is -0.223. The summed E-state index contributed by atoms with van der Waals surface area (Å²) in [7, 11) is 0. The van der Waals surface area contributed by atoms with Crippen molar-refractivity contribution in [1.29, 1.82) is 0 Å². The Bertz CT molecular complexity index is 567. The molecule has 134 valence electrons. The van der Waals surface area contributed by atoms with Gasteiger partial charge in [0, 0.05) is 38.2 Å². The molecule has 3 heterocycles. The largest absolute Gasteiger partial charge is 0.368 e. The highest BCUT2D eigenvalue weighted by atomic mass is 16.5. The minimum Gasteiger partial charge on any atom is -0.368 e. The molecule has 2 aliphatic heterocycles. The smallest absolute Gasteiger partial charge is 0.251 e. The topological polar surface area (TPSA) is 71.7 Å². The van der Waals surface area contributed by atoms with Crippen LogP contribution in [0.2, 0.25) is 0 Å². The van der Waals surface area contributed by atoms with E-state index in [4.69, 9.17) is 9.26 Å². The van der Waals surface area contributed by atoms with Crippen molar-refractivity contribution in [3.05, 3.63) is 11.7 Å². The first-order chi connectivity index (χ1) is 11.4. The highest BCUT2D eigenvalue weighted by Gasteiger charge is 2.33. The van der Waals surface area contributed by atoms with Crippen molar-refractivity contribution in [1.82, 2.24) is 19.9 Å². The molecule has 24 heavy (non-hydrogen) atoms. The highest BCUT2D eigenvalue weighted by Crippen LogP contribution is 2.25. The van der Waals surface area contributed by atoms with E-state index >= 15 is 0 Å². The van der Waals surface area contributed by atoms with Gasteiger partial charge in [-0.3, -0.25) is 9.69 Å². The Labute approximate surface area is 143 Å². The molecule has 0 N–H and O–H groups in total. The second-order valence-corrected chi connectivity index (χ2v) is 7.75. The minimum absolute atomic E-state index is 0.0635. The van der Waals surface area contributed by atoms with Crippen LogP contribution in [0.25, 0.3) is 0 Å². The van der Waals surface area contributed by atoms with E-state index in [1.165, 1.54) is 0 Å². The van der Waals surface area contributed by atoms with E-state index in [9.17, 15) is 4.79 Å². The predicted molar refractivity (Wildman–Crippen MR) is 88.5 cm³/mol. The molecular formula is C17H28N4O3. The van der Waals surface area contributed by atoms with Crippen molar-refractivity contribution >= 4 is 5.91 Å². The molecule has 1 amide bonds. The van der Waals surface area contributed by atoms with Crippen LogP contribution in [-0.2, 0) is 14.9 Å². The highest BCUT2D eigenvalue weighted by molar-refractivity contribution is 5.81. The third kappa shape index (κ3) is 3.62. The lowest BCUT2D eigenvalue weighted by atomic mass is 9.96. The zero-order chi connectivity index (χ0) is 17.3. The number of hydrogen-bond donors (Lipinski definition) is 0. The summed E-state index contributed by atoms with van der Waals surface area (Å²) in [5.41, 5.74) is -0.117. The Morgan fingerprint density at radius 2 is 1.96 bits per heavy atom. The monoisotopic (exact) mass is 336 g/mol. The molecule has 0 aliphatic carbocycles. The first-order valence-corrected chi connectivity index (χ1v) is 8.85. The molecule has 7 heteroatoms. The van der Waals surface area contributed by atoms with Gasteiger partial charge in [0.05, 0.1) is 6.04 Å². The number of hydrogen-bond acceptors (Lipinski definition) is 6. The SMILES string of the molecule is CC(c1nc(C(C)(C)C)no1)N1CCN(C(=O)C2CCCO2)CC1. The number of ether oxygens (including phenoxy) is 1. The molecule has 1 aromatic heterocycles. The molecule has 0 bridgehead atoms. The van der Waals surface area contributed by atoms with Crippen molar-refractivity contribution in [2.75, 3.05) is 32.8 Å². The summed E-state index contributed by atoms with van der Waals surface area (Å²) in [6, 6.07) is 0.0635. The third-order valence-corrected chi connectivity index (χ3v) is 4.85. The quantitative estimate of drug-likeness (QED) is 0.837. The second-order valence-electron chi connectivity index (χ2n) is 7.75. The molecule has 2 aliphatic rings. The Balaban J connectivity index is 1.56. The molecule has 0 aromatic carbocycles. The van der Waals surface area contributed by atoms with Gasteiger partial charge in [0.2, 0.25) is 5.89 Å². The van der Waals surface area contributed by atoms with Crippen LogP contribution < -0.4 is 0 Å². The van der Waals surface area contributed by atoms with Crippen LogP contribution in [0.15, 0.2) is 4.52 Å². The number of piperazine rings is 1. The lowest BCUT2D eigenvalue weighted by molar-refractivity contribution is -0.143. The fraction of sp³-hybridized carbons (Fsp3) is 0.824. The molecule has 0 saturated carbocycles. The summed E-state index contributed by atoms with van der Waals surface area (Å²) in [6.07, 6.45) is 1.62. The van der Waals surface area contributed by atoms with E-state index < -0.39 is 0 Å².